The van der Waals surface area contributed by atoms with E-state index in [1.807, 2.05) is 6.07 Å². The fourth-order valence-electron chi connectivity index (χ4n) is 1.64. The number of amides is 2. The number of hydrogen-bond donors (Lipinski definition) is 2. The molecule has 0 spiro atoms. The maximum atomic E-state index is 12.1. The zero-order valence-corrected chi connectivity index (χ0v) is 14.4. The van der Waals surface area contributed by atoms with Gasteiger partial charge in [0.25, 0.3) is 0 Å². The van der Waals surface area contributed by atoms with Crippen molar-refractivity contribution in [3.05, 3.63) is 26.6 Å². The fraction of sp³-hybridized carbons (Fsp3) is 0.308. The Hall–Kier alpha value is -1.59. The first-order valence-electron chi connectivity index (χ1n) is 6.05. The molecule has 0 heterocycles. The van der Waals surface area contributed by atoms with Crippen LogP contribution in [0.15, 0.2) is 21.1 Å². The molecule has 1 rings (SSSR count). The molecule has 0 fully saturated rings. The highest BCUT2D eigenvalue weighted by molar-refractivity contribution is 9.11. The monoisotopic (exact) mass is 417 g/mol. The second-order valence-corrected chi connectivity index (χ2v) is 5.80. The lowest BCUT2D eigenvalue weighted by molar-refractivity contribution is 0.0698. The summed E-state index contributed by atoms with van der Waals surface area (Å²) in [6, 6.07) is 4.58. The largest absolute Gasteiger partial charge is 0.478 e. The van der Waals surface area contributed by atoms with E-state index < -0.39 is 12.0 Å². The molecule has 0 saturated carbocycles. The fourth-order valence-corrected chi connectivity index (χ4v) is 2.97. The topological polar surface area (TPSA) is 93.4 Å². The van der Waals surface area contributed by atoms with Crippen molar-refractivity contribution in [2.45, 2.75) is 13.3 Å². The lowest BCUT2D eigenvalue weighted by Crippen LogP contribution is -2.36. The molecule has 0 bridgehead atoms. The number of halogens is 2. The number of nitrogens with zero attached hydrogens (tertiary/aromatic N) is 2. The van der Waals surface area contributed by atoms with Crippen molar-refractivity contribution in [3.8, 4) is 6.07 Å². The van der Waals surface area contributed by atoms with Gasteiger partial charge in [0.15, 0.2) is 0 Å². The molecule has 0 saturated heterocycles. The van der Waals surface area contributed by atoms with Gasteiger partial charge >= 0.3 is 12.0 Å². The first kappa shape index (κ1) is 17.5. The van der Waals surface area contributed by atoms with Gasteiger partial charge in [-0.3, -0.25) is 0 Å². The smallest absolute Gasteiger partial charge is 0.337 e. The Kier molecular flexibility index (Phi) is 6.65. The highest BCUT2D eigenvalue weighted by Gasteiger charge is 2.19. The molecule has 6 nitrogen and oxygen atoms in total. The van der Waals surface area contributed by atoms with Gasteiger partial charge in [0, 0.05) is 22.0 Å². The van der Waals surface area contributed by atoms with Gasteiger partial charge in [0.05, 0.1) is 23.7 Å². The van der Waals surface area contributed by atoms with Crippen LogP contribution in [0.25, 0.3) is 0 Å². The minimum absolute atomic E-state index is 0.0269. The second kappa shape index (κ2) is 8.00. The predicted molar refractivity (Wildman–Crippen MR) is 85.3 cm³/mol. The number of carbonyl (C=O) groups is 2. The van der Waals surface area contributed by atoms with Crippen molar-refractivity contribution in [1.29, 1.82) is 5.26 Å². The van der Waals surface area contributed by atoms with Crippen LogP contribution < -0.4 is 5.32 Å². The zero-order chi connectivity index (χ0) is 16.0. The molecule has 2 N–H and O–H groups in total. The number of carboxylic acid groups (broad SMARTS) is 1. The Bertz CT molecular complexity index is 599. The molecule has 0 aliphatic carbocycles. The molecule has 0 aliphatic heterocycles. The van der Waals surface area contributed by atoms with Crippen molar-refractivity contribution in [3.63, 3.8) is 0 Å². The van der Waals surface area contributed by atoms with E-state index in [1.165, 1.54) is 11.0 Å². The minimum Gasteiger partial charge on any atom is -0.478 e. The van der Waals surface area contributed by atoms with Gasteiger partial charge in [-0.1, -0.05) is 15.9 Å². The molecule has 0 unspecified atom stereocenters. The SMILES string of the molecule is CCN(CCC#N)C(=O)Nc1c(Br)cc(Br)cc1C(=O)O. The highest BCUT2D eigenvalue weighted by atomic mass is 79.9. The summed E-state index contributed by atoms with van der Waals surface area (Å²) in [5, 5.41) is 20.4. The molecular formula is C13H13Br2N3O3. The number of urea groups is 1. The Morgan fingerprint density at radius 2 is 2.10 bits per heavy atom. The zero-order valence-electron chi connectivity index (χ0n) is 11.2. The molecule has 0 aromatic heterocycles. The first-order chi connectivity index (χ1) is 9.90. The number of hydrogen-bond acceptors (Lipinski definition) is 3. The minimum atomic E-state index is -1.15. The number of benzene rings is 1. The molecule has 2 amide bonds. The normalized spacial score (nSPS) is 9.81. The van der Waals surface area contributed by atoms with E-state index in [1.54, 1.807) is 13.0 Å². The van der Waals surface area contributed by atoms with Crippen molar-refractivity contribution in [2.24, 2.45) is 0 Å². The molecule has 0 radical (unpaired) electrons. The van der Waals surface area contributed by atoms with Gasteiger partial charge in [-0.25, -0.2) is 9.59 Å². The van der Waals surface area contributed by atoms with Crippen LogP contribution >= 0.6 is 31.9 Å². The number of aromatic carboxylic acids is 1. The van der Waals surface area contributed by atoms with Crippen LogP contribution in [0, 0.1) is 11.3 Å². The van der Waals surface area contributed by atoms with Crippen LogP contribution in [-0.2, 0) is 0 Å². The maximum Gasteiger partial charge on any atom is 0.337 e. The molecule has 8 heteroatoms. The highest BCUT2D eigenvalue weighted by Crippen LogP contribution is 2.31. The number of carbonyl (C=O) groups excluding carboxylic acids is 1. The molecule has 1 aromatic carbocycles. The van der Waals surface area contributed by atoms with E-state index in [-0.39, 0.29) is 24.2 Å². The van der Waals surface area contributed by atoms with Crippen molar-refractivity contribution < 1.29 is 14.7 Å². The quantitative estimate of drug-likeness (QED) is 0.762. The summed E-state index contributed by atoms with van der Waals surface area (Å²) in [7, 11) is 0. The molecule has 1 aromatic rings. The Morgan fingerprint density at radius 3 is 2.62 bits per heavy atom. The van der Waals surface area contributed by atoms with E-state index in [0.717, 1.165) is 0 Å². The second-order valence-electron chi connectivity index (χ2n) is 4.03. The van der Waals surface area contributed by atoms with Gasteiger partial charge in [0.2, 0.25) is 0 Å². The van der Waals surface area contributed by atoms with Gasteiger partial charge in [-0.15, -0.1) is 0 Å². The average Bonchev–Trinajstić information content (AvgIpc) is 2.42. The van der Waals surface area contributed by atoms with Crippen LogP contribution in [0.5, 0.6) is 0 Å². The molecule has 112 valence electrons. The third kappa shape index (κ3) is 4.72. The van der Waals surface area contributed by atoms with Crippen molar-refractivity contribution in [1.82, 2.24) is 4.90 Å². The maximum absolute atomic E-state index is 12.1. The van der Waals surface area contributed by atoms with Crippen LogP contribution in [0.2, 0.25) is 0 Å². The van der Waals surface area contributed by atoms with E-state index in [9.17, 15) is 14.7 Å². The lowest BCUT2D eigenvalue weighted by atomic mass is 10.2. The third-order valence-corrected chi connectivity index (χ3v) is 3.76. The number of rotatable bonds is 5. The van der Waals surface area contributed by atoms with E-state index in [4.69, 9.17) is 5.26 Å². The summed E-state index contributed by atoms with van der Waals surface area (Å²) >= 11 is 6.45. The molecular weight excluding hydrogens is 406 g/mol. The standard InChI is InChI=1S/C13H13Br2N3O3/c1-2-18(5-3-4-16)13(21)17-11-9(12(19)20)6-8(14)7-10(11)15/h6-7H,2-3,5H2,1H3,(H,17,21)(H,19,20). The van der Waals surface area contributed by atoms with Gasteiger partial charge in [0.1, 0.15) is 0 Å². The van der Waals surface area contributed by atoms with Crippen LogP contribution in [0.3, 0.4) is 0 Å². The summed E-state index contributed by atoms with van der Waals surface area (Å²) in [6.07, 6.45) is 0.217. The summed E-state index contributed by atoms with van der Waals surface area (Å²) in [5.74, 6) is -1.15. The Balaban J connectivity index is 3.04. The van der Waals surface area contributed by atoms with E-state index in [0.29, 0.717) is 15.5 Å². The van der Waals surface area contributed by atoms with Crippen molar-refractivity contribution >= 4 is 49.5 Å². The van der Waals surface area contributed by atoms with E-state index >= 15 is 0 Å². The van der Waals surface area contributed by atoms with Crippen LogP contribution in [0.1, 0.15) is 23.7 Å². The molecule has 21 heavy (non-hydrogen) atoms. The summed E-state index contributed by atoms with van der Waals surface area (Å²) < 4.78 is 1.04. The average molecular weight is 419 g/mol. The van der Waals surface area contributed by atoms with Gasteiger partial charge in [-0.05, 0) is 35.0 Å². The number of carboxylic acids is 1. The van der Waals surface area contributed by atoms with Crippen molar-refractivity contribution in [2.75, 3.05) is 18.4 Å². The summed E-state index contributed by atoms with van der Waals surface area (Å²) in [6.45, 7) is 2.49. The van der Waals surface area contributed by atoms with E-state index in [2.05, 4.69) is 37.2 Å². The Labute approximate surface area is 139 Å². The lowest BCUT2D eigenvalue weighted by Gasteiger charge is -2.21. The third-order valence-electron chi connectivity index (χ3n) is 2.68. The van der Waals surface area contributed by atoms with Crippen LogP contribution in [-0.4, -0.2) is 35.1 Å². The first-order valence-corrected chi connectivity index (χ1v) is 7.64. The number of nitriles is 1. The summed E-state index contributed by atoms with van der Waals surface area (Å²) in [4.78, 5) is 24.8. The van der Waals surface area contributed by atoms with Crippen LogP contribution in [0.4, 0.5) is 10.5 Å². The predicted octanol–water partition coefficient (Wildman–Crippen LogP) is 3.68. The summed E-state index contributed by atoms with van der Waals surface area (Å²) in [5.41, 5.74) is 0.159. The van der Waals surface area contributed by atoms with Gasteiger partial charge in [-0.2, -0.15) is 5.26 Å². The van der Waals surface area contributed by atoms with Gasteiger partial charge < -0.3 is 15.3 Å². The molecule has 0 aliphatic rings. The number of anilines is 1. The number of nitrogens with one attached hydrogen (secondary N) is 1. The molecule has 0 atom stereocenters. The Morgan fingerprint density at radius 1 is 1.43 bits per heavy atom.